The van der Waals surface area contributed by atoms with Gasteiger partial charge in [0.25, 0.3) is 0 Å². The first-order valence-electron chi connectivity index (χ1n) is 10.8. The summed E-state index contributed by atoms with van der Waals surface area (Å²) in [6.45, 7) is 3.62. The highest BCUT2D eigenvalue weighted by atomic mass is 35.5. The molecule has 0 atom stereocenters. The summed E-state index contributed by atoms with van der Waals surface area (Å²) < 4.78 is 10.9. The maximum atomic E-state index is 13.0. The largest absolute Gasteiger partial charge is 0.481 e. The number of carbonyl (C=O) groups is 2. The summed E-state index contributed by atoms with van der Waals surface area (Å²) in [6, 6.07) is 17.8. The summed E-state index contributed by atoms with van der Waals surface area (Å²) in [7, 11) is 0. The van der Waals surface area contributed by atoms with Gasteiger partial charge < -0.3 is 14.4 Å². The standard InChI is InChI=1S/C26H22ClN3O5/c1-3-34-26(33)30(22-7-5-4-6-20(22)27)24-16(2)29-35-25(24)21-13-12-19(15-28-21)18-10-8-17(9-11-18)14-23(31)32/h4-13,15H,3,14H2,1-2H3,(H,31,32). The zero-order valence-corrected chi connectivity index (χ0v) is 19.8. The van der Waals surface area contributed by atoms with Crippen molar-refractivity contribution in [1.82, 2.24) is 10.1 Å². The molecule has 0 saturated heterocycles. The van der Waals surface area contributed by atoms with Gasteiger partial charge in [-0.25, -0.2) is 9.69 Å². The lowest BCUT2D eigenvalue weighted by atomic mass is 10.0. The van der Waals surface area contributed by atoms with E-state index in [-0.39, 0.29) is 13.0 Å². The van der Waals surface area contributed by atoms with E-state index in [9.17, 15) is 9.59 Å². The third-order valence-corrected chi connectivity index (χ3v) is 5.56. The van der Waals surface area contributed by atoms with Gasteiger partial charge in [0.1, 0.15) is 17.1 Å². The fourth-order valence-electron chi connectivity index (χ4n) is 3.62. The van der Waals surface area contributed by atoms with E-state index >= 15 is 0 Å². The number of benzene rings is 2. The number of ether oxygens (including phenoxy) is 1. The average Bonchev–Trinajstić information content (AvgIpc) is 3.22. The number of aromatic nitrogens is 2. The van der Waals surface area contributed by atoms with Crippen molar-refractivity contribution in [2.24, 2.45) is 0 Å². The van der Waals surface area contributed by atoms with E-state index in [1.165, 1.54) is 4.90 Å². The lowest BCUT2D eigenvalue weighted by Gasteiger charge is -2.22. The molecule has 0 aliphatic rings. The van der Waals surface area contributed by atoms with Crippen molar-refractivity contribution in [3.05, 3.63) is 83.1 Å². The van der Waals surface area contributed by atoms with E-state index in [2.05, 4.69) is 10.1 Å². The number of hydrogen-bond donors (Lipinski definition) is 1. The van der Waals surface area contributed by atoms with Crippen molar-refractivity contribution in [2.45, 2.75) is 20.3 Å². The number of amides is 1. The van der Waals surface area contributed by atoms with E-state index in [4.69, 9.17) is 26.0 Å². The first kappa shape index (κ1) is 24.0. The molecule has 2 aromatic heterocycles. The second-order valence-corrected chi connectivity index (χ2v) is 8.04. The summed E-state index contributed by atoms with van der Waals surface area (Å²) in [5.74, 6) is -0.589. The van der Waals surface area contributed by atoms with Gasteiger partial charge in [-0.15, -0.1) is 0 Å². The zero-order chi connectivity index (χ0) is 24.9. The number of para-hydroxylation sites is 1. The van der Waals surface area contributed by atoms with Gasteiger partial charge in [0.05, 0.1) is 23.7 Å². The predicted octanol–water partition coefficient (Wildman–Crippen LogP) is 6.29. The number of nitrogens with zero attached hydrogens (tertiary/aromatic N) is 3. The number of carboxylic acids is 1. The molecule has 2 heterocycles. The number of halogens is 1. The van der Waals surface area contributed by atoms with E-state index in [1.807, 2.05) is 18.2 Å². The van der Waals surface area contributed by atoms with E-state index in [1.54, 1.807) is 62.5 Å². The van der Waals surface area contributed by atoms with Gasteiger partial charge >= 0.3 is 12.1 Å². The zero-order valence-electron chi connectivity index (χ0n) is 19.1. The summed E-state index contributed by atoms with van der Waals surface area (Å²) in [4.78, 5) is 29.8. The third-order valence-electron chi connectivity index (χ3n) is 5.24. The molecule has 9 heteroatoms. The lowest BCUT2D eigenvalue weighted by Crippen LogP contribution is -2.27. The molecule has 4 rings (SSSR count). The van der Waals surface area contributed by atoms with E-state index in [0.717, 1.165) is 11.1 Å². The van der Waals surface area contributed by atoms with Crippen molar-refractivity contribution >= 4 is 35.0 Å². The van der Waals surface area contributed by atoms with Gasteiger partial charge in [0, 0.05) is 11.8 Å². The Morgan fingerprint density at radius 1 is 1.06 bits per heavy atom. The number of carbonyl (C=O) groups excluding carboxylic acids is 1. The summed E-state index contributed by atoms with van der Waals surface area (Å²) >= 11 is 6.41. The SMILES string of the molecule is CCOC(=O)N(c1ccccc1Cl)c1c(C)noc1-c1ccc(-c2ccc(CC(=O)O)cc2)cn1. The molecular weight excluding hydrogens is 470 g/mol. The molecule has 178 valence electrons. The monoisotopic (exact) mass is 491 g/mol. The quantitative estimate of drug-likeness (QED) is 0.324. The number of rotatable bonds is 7. The van der Waals surface area contributed by atoms with Crippen molar-refractivity contribution in [3.63, 3.8) is 0 Å². The van der Waals surface area contributed by atoms with Crippen LogP contribution in [0.5, 0.6) is 0 Å². The Bertz CT molecular complexity index is 1350. The highest BCUT2D eigenvalue weighted by molar-refractivity contribution is 6.34. The number of anilines is 2. The molecule has 0 spiro atoms. The fraction of sp³-hybridized carbons (Fsp3) is 0.154. The molecule has 0 saturated carbocycles. The second-order valence-electron chi connectivity index (χ2n) is 7.63. The third kappa shape index (κ3) is 5.17. The summed E-state index contributed by atoms with van der Waals surface area (Å²) in [6.07, 6.45) is 1.02. The van der Waals surface area contributed by atoms with Gasteiger partial charge in [0.15, 0.2) is 0 Å². The topological polar surface area (TPSA) is 106 Å². The van der Waals surface area contributed by atoms with Crippen LogP contribution in [-0.2, 0) is 16.0 Å². The summed E-state index contributed by atoms with van der Waals surface area (Å²) in [5.41, 5.74) is 4.18. The first-order chi connectivity index (χ1) is 16.9. The smallest absolute Gasteiger partial charge is 0.419 e. The van der Waals surface area contributed by atoms with Crippen LogP contribution in [0.1, 0.15) is 18.2 Å². The van der Waals surface area contributed by atoms with Crippen LogP contribution in [-0.4, -0.2) is 33.9 Å². The average molecular weight is 492 g/mol. The molecule has 35 heavy (non-hydrogen) atoms. The Labute approximate surface area is 206 Å². The van der Waals surface area contributed by atoms with Crippen LogP contribution in [0.4, 0.5) is 16.2 Å². The van der Waals surface area contributed by atoms with Crippen LogP contribution in [0.3, 0.4) is 0 Å². The lowest BCUT2D eigenvalue weighted by molar-refractivity contribution is -0.136. The van der Waals surface area contributed by atoms with Crippen LogP contribution in [0, 0.1) is 6.92 Å². The van der Waals surface area contributed by atoms with Gasteiger partial charge in [-0.1, -0.05) is 59.2 Å². The molecule has 0 radical (unpaired) electrons. The fourth-order valence-corrected chi connectivity index (χ4v) is 3.84. The van der Waals surface area contributed by atoms with Gasteiger partial charge in [0.2, 0.25) is 5.76 Å². The minimum atomic E-state index is -0.879. The Kier molecular flexibility index (Phi) is 7.12. The van der Waals surface area contributed by atoms with Crippen molar-refractivity contribution in [2.75, 3.05) is 11.5 Å². The summed E-state index contributed by atoms with van der Waals surface area (Å²) in [5, 5.41) is 13.4. The molecule has 0 bridgehead atoms. The van der Waals surface area contributed by atoms with Crippen LogP contribution in [0.15, 0.2) is 71.4 Å². The normalized spacial score (nSPS) is 10.7. The number of aryl methyl sites for hydroxylation is 1. The molecule has 0 aliphatic heterocycles. The number of aliphatic carboxylic acids is 1. The van der Waals surface area contributed by atoms with Gasteiger partial charge in [-0.05, 0) is 43.2 Å². The molecule has 1 N–H and O–H groups in total. The molecule has 0 aliphatic carbocycles. The number of pyridine rings is 1. The van der Waals surface area contributed by atoms with Gasteiger partial charge in [-0.3, -0.25) is 9.78 Å². The molecule has 2 aromatic carbocycles. The Morgan fingerprint density at radius 2 is 1.77 bits per heavy atom. The van der Waals surface area contributed by atoms with Crippen molar-refractivity contribution < 1.29 is 24.0 Å². The second kappa shape index (κ2) is 10.4. The molecule has 4 aromatic rings. The molecule has 0 fully saturated rings. The highest BCUT2D eigenvalue weighted by Gasteiger charge is 2.30. The maximum absolute atomic E-state index is 13.0. The van der Waals surface area contributed by atoms with E-state index < -0.39 is 12.1 Å². The van der Waals surface area contributed by atoms with Crippen molar-refractivity contribution in [1.29, 1.82) is 0 Å². The number of hydrogen-bond acceptors (Lipinski definition) is 6. The molecule has 8 nitrogen and oxygen atoms in total. The Morgan fingerprint density at radius 3 is 2.40 bits per heavy atom. The number of carboxylic acid groups (broad SMARTS) is 1. The Hall–Kier alpha value is -4.17. The van der Waals surface area contributed by atoms with Crippen LogP contribution in [0.2, 0.25) is 5.02 Å². The first-order valence-corrected chi connectivity index (χ1v) is 11.2. The Balaban J connectivity index is 1.71. The minimum Gasteiger partial charge on any atom is -0.481 e. The van der Waals surface area contributed by atoms with Crippen LogP contribution >= 0.6 is 11.6 Å². The van der Waals surface area contributed by atoms with Gasteiger partial charge in [-0.2, -0.15) is 0 Å². The van der Waals surface area contributed by atoms with Crippen molar-refractivity contribution in [3.8, 4) is 22.6 Å². The molecular formula is C26H22ClN3O5. The maximum Gasteiger partial charge on any atom is 0.419 e. The minimum absolute atomic E-state index is 0.0342. The highest BCUT2D eigenvalue weighted by Crippen LogP contribution is 2.40. The van der Waals surface area contributed by atoms with Crippen LogP contribution < -0.4 is 4.90 Å². The van der Waals surface area contributed by atoms with Crippen LogP contribution in [0.25, 0.3) is 22.6 Å². The molecule has 0 unspecified atom stereocenters. The van der Waals surface area contributed by atoms with E-state index in [0.29, 0.717) is 39.1 Å². The molecule has 1 amide bonds. The predicted molar refractivity (Wildman–Crippen MR) is 132 cm³/mol.